The Morgan fingerprint density at radius 3 is 2.54 bits per heavy atom. The number of nitrogens with one attached hydrogen (secondary N) is 1. The van der Waals surface area contributed by atoms with Crippen LogP contribution in [0.25, 0.3) is 0 Å². The van der Waals surface area contributed by atoms with Crippen LogP contribution in [0.5, 0.6) is 5.75 Å². The molecule has 3 rings (SSSR count). The van der Waals surface area contributed by atoms with Gasteiger partial charge in [-0.05, 0) is 49.4 Å². The zero-order valence-corrected chi connectivity index (χ0v) is 15.8. The van der Waals surface area contributed by atoms with Gasteiger partial charge in [-0.15, -0.1) is 0 Å². The molecule has 1 aliphatic heterocycles. The molecule has 0 radical (unpaired) electrons. The van der Waals surface area contributed by atoms with Crippen LogP contribution < -0.4 is 10.1 Å². The van der Waals surface area contributed by atoms with Crippen molar-refractivity contribution in [1.82, 2.24) is 4.90 Å². The Bertz CT molecular complexity index is 732. The van der Waals surface area contributed by atoms with Crippen LogP contribution in [0.1, 0.15) is 31.7 Å². The van der Waals surface area contributed by atoms with Gasteiger partial charge in [0, 0.05) is 6.54 Å². The molecule has 26 heavy (non-hydrogen) atoms. The van der Waals surface area contributed by atoms with Crippen LogP contribution in [0.2, 0.25) is 0 Å². The predicted octanol–water partition coefficient (Wildman–Crippen LogP) is 4.15. The van der Waals surface area contributed by atoms with Gasteiger partial charge in [0.2, 0.25) is 5.91 Å². The van der Waals surface area contributed by atoms with Gasteiger partial charge >= 0.3 is 0 Å². The molecule has 2 aromatic rings. The molecule has 0 aliphatic carbocycles. The van der Waals surface area contributed by atoms with Crippen molar-refractivity contribution in [1.29, 1.82) is 0 Å². The van der Waals surface area contributed by atoms with E-state index in [0.29, 0.717) is 17.6 Å². The molecule has 2 aromatic carbocycles. The number of piperidine rings is 1. The van der Waals surface area contributed by atoms with Crippen LogP contribution in [0, 0.1) is 5.92 Å². The third-order valence-electron chi connectivity index (χ3n) is 5.46. The van der Waals surface area contributed by atoms with Crippen molar-refractivity contribution in [3.63, 3.8) is 0 Å². The van der Waals surface area contributed by atoms with Crippen molar-refractivity contribution >= 4 is 11.6 Å². The quantitative estimate of drug-likeness (QED) is 0.879. The number of carbonyl (C=O) groups excluding carboxylic acids is 1. The Kier molecular flexibility index (Phi) is 5.94. The number of hydrogen-bond acceptors (Lipinski definition) is 3. The van der Waals surface area contributed by atoms with E-state index in [1.54, 1.807) is 7.11 Å². The number of rotatable bonds is 5. The molecular formula is C22H28N2O2. The molecule has 1 fully saturated rings. The smallest absolute Gasteiger partial charge is 0.241 e. The van der Waals surface area contributed by atoms with Crippen molar-refractivity contribution in [2.45, 2.75) is 32.2 Å². The second-order valence-corrected chi connectivity index (χ2v) is 7.14. The van der Waals surface area contributed by atoms with Gasteiger partial charge in [0.25, 0.3) is 0 Å². The molecule has 1 amide bonds. The number of likely N-dealkylation sites (tertiary alicyclic amines) is 1. The van der Waals surface area contributed by atoms with Crippen LogP contribution in [0.15, 0.2) is 54.6 Å². The number of carbonyl (C=O) groups is 1. The lowest BCUT2D eigenvalue weighted by Crippen LogP contribution is -2.48. The van der Waals surface area contributed by atoms with E-state index in [0.717, 1.165) is 25.2 Å². The molecule has 3 unspecified atom stereocenters. The van der Waals surface area contributed by atoms with Crippen molar-refractivity contribution in [3.05, 3.63) is 60.2 Å². The summed E-state index contributed by atoms with van der Waals surface area (Å²) in [4.78, 5) is 15.0. The number of anilines is 1. The number of nitrogens with zero attached hydrogens (tertiary/aromatic N) is 1. The van der Waals surface area contributed by atoms with E-state index in [-0.39, 0.29) is 11.9 Å². The minimum atomic E-state index is -0.168. The minimum absolute atomic E-state index is 0.0138. The SMILES string of the molecule is COc1ccccc1NC(=O)C(C)N1CCC(c2ccccc2)C(C)C1. The van der Waals surface area contributed by atoms with E-state index in [1.165, 1.54) is 5.56 Å². The van der Waals surface area contributed by atoms with Crippen molar-refractivity contribution in [2.24, 2.45) is 5.92 Å². The molecule has 4 nitrogen and oxygen atoms in total. The van der Waals surface area contributed by atoms with E-state index in [1.807, 2.05) is 31.2 Å². The van der Waals surface area contributed by atoms with Gasteiger partial charge < -0.3 is 10.1 Å². The molecule has 1 saturated heterocycles. The minimum Gasteiger partial charge on any atom is -0.495 e. The van der Waals surface area contributed by atoms with Gasteiger partial charge in [0.1, 0.15) is 5.75 Å². The highest BCUT2D eigenvalue weighted by atomic mass is 16.5. The van der Waals surface area contributed by atoms with Gasteiger partial charge in [-0.1, -0.05) is 49.4 Å². The number of methoxy groups -OCH3 is 1. The summed E-state index contributed by atoms with van der Waals surface area (Å²) in [5.41, 5.74) is 2.13. The van der Waals surface area contributed by atoms with Crippen LogP contribution in [-0.4, -0.2) is 37.0 Å². The summed E-state index contributed by atoms with van der Waals surface area (Å²) < 4.78 is 5.32. The Morgan fingerprint density at radius 2 is 1.85 bits per heavy atom. The maximum atomic E-state index is 12.7. The molecule has 1 aliphatic rings. The highest BCUT2D eigenvalue weighted by molar-refractivity contribution is 5.95. The van der Waals surface area contributed by atoms with Crippen molar-refractivity contribution in [3.8, 4) is 5.75 Å². The van der Waals surface area contributed by atoms with Crippen molar-refractivity contribution in [2.75, 3.05) is 25.5 Å². The maximum absolute atomic E-state index is 12.7. The van der Waals surface area contributed by atoms with Crippen LogP contribution in [0.3, 0.4) is 0 Å². The number of amides is 1. The van der Waals surface area contributed by atoms with Gasteiger partial charge in [-0.3, -0.25) is 9.69 Å². The molecule has 3 atom stereocenters. The summed E-state index contributed by atoms with van der Waals surface area (Å²) in [6.07, 6.45) is 1.08. The number of benzene rings is 2. The zero-order chi connectivity index (χ0) is 18.5. The van der Waals surface area contributed by atoms with Crippen molar-refractivity contribution < 1.29 is 9.53 Å². The second-order valence-electron chi connectivity index (χ2n) is 7.14. The second kappa shape index (κ2) is 8.37. The first kappa shape index (κ1) is 18.5. The maximum Gasteiger partial charge on any atom is 0.241 e. The predicted molar refractivity (Wildman–Crippen MR) is 106 cm³/mol. The zero-order valence-electron chi connectivity index (χ0n) is 15.8. The first-order valence-electron chi connectivity index (χ1n) is 9.33. The Morgan fingerprint density at radius 1 is 1.15 bits per heavy atom. The third kappa shape index (κ3) is 4.07. The summed E-state index contributed by atoms with van der Waals surface area (Å²) in [7, 11) is 1.62. The van der Waals surface area contributed by atoms with Gasteiger partial charge in [0.15, 0.2) is 0 Å². The molecule has 0 aromatic heterocycles. The lowest BCUT2D eigenvalue weighted by Gasteiger charge is -2.39. The molecule has 138 valence electrons. The summed E-state index contributed by atoms with van der Waals surface area (Å²) in [5, 5.41) is 3.01. The Labute approximate surface area is 156 Å². The average Bonchev–Trinajstić information content (AvgIpc) is 2.68. The molecule has 0 bridgehead atoms. The van der Waals surface area contributed by atoms with E-state index in [9.17, 15) is 4.79 Å². The molecule has 1 heterocycles. The van der Waals surface area contributed by atoms with E-state index >= 15 is 0 Å². The lowest BCUT2D eigenvalue weighted by molar-refractivity contribution is -0.121. The summed E-state index contributed by atoms with van der Waals surface area (Å²) >= 11 is 0. The fourth-order valence-electron chi connectivity index (χ4n) is 3.88. The topological polar surface area (TPSA) is 41.6 Å². The van der Waals surface area contributed by atoms with Gasteiger partial charge in [-0.25, -0.2) is 0 Å². The Balaban J connectivity index is 1.62. The molecule has 0 saturated carbocycles. The molecule has 4 heteroatoms. The third-order valence-corrected chi connectivity index (χ3v) is 5.46. The normalized spacial score (nSPS) is 21.8. The largest absolute Gasteiger partial charge is 0.495 e. The summed E-state index contributed by atoms with van der Waals surface area (Å²) in [6.45, 7) is 6.14. The van der Waals surface area contributed by atoms with Gasteiger partial charge in [0.05, 0.1) is 18.8 Å². The van der Waals surface area contributed by atoms with Crippen LogP contribution in [-0.2, 0) is 4.79 Å². The van der Waals surface area contributed by atoms with Crippen LogP contribution in [0.4, 0.5) is 5.69 Å². The Hall–Kier alpha value is -2.33. The summed E-state index contributed by atoms with van der Waals surface area (Å²) in [5.74, 6) is 1.79. The monoisotopic (exact) mass is 352 g/mol. The van der Waals surface area contributed by atoms with Gasteiger partial charge in [-0.2, -0.15) is 0 Å². The highest BCUT2D eigenvalue weighted by Gasteiger charge is 2.31. The average molecular weight is 352 g/mol. The van der Waals surface area contributed by atoms with E-state index in [4.69, 9.17) is 4.74 Å². The molecular weight excluding hydrogens is 324 g/mol. The van der Waals surface area contributed by atoms with E-state index < -0.39 is 0 Å². The number of para-hydroxylation sites is 2. The lowest BCUT2D eigenvalue weighted by atomic mass is 9.81. The summed E-state index contributed by atoms with van der Waals surface area (Å²) in [6, 6.07) is 18.1. The first-order valence-corrected chi connectivity index (χ1v) is 9.33. The molecule has 0 spiro atoms. The number of hydrogen-bond donors (Lipinski definition) is 1. The molecule has 1 N–H and O–H groups in total. The first-order chi connectivity index (χ1) is 12.6. The fourth-order valence-corrected chi connectivity index (χ4v) is 3.88. The van der Waals surface area contributed by atoms with Crippen LogP contribution >= 0.6 is 0 Å². The standard InChI is InChI=1S/C22H28N2O2/c1-16-15-24(14-13-19(16)18-9-5-4-6-10-18)17(2)22(25)23-20-11-7-8-12-21(20)26-3/h4-12,16-17,19H,13-15H2,1-3H3,(H,23,25). The highest BCUT2D eigenvalue weighted by Crippen LogP contribution is 2.33. The number of ether oxygens (including phenoxy) is 1. The van der Waals surface area contributed by atoms with E-state index in [2.05, 4.69) is 47.5 Å². The fraction of sp³-hybridized carbons (Fsp3) is 0.409.